The minimum atomic E-state index is 0. The molecule has 0 aliphatic heterocycles. The predicted molar refractivity (Wildman–Crippen MR) is 87.4 cm³/mol. The van der Waals surface area contributed by atoms with Crippen LogP contribution in [-0.4, -0.2) is 24.2 Å². The van der Waals surface area contributed by atoms with Gasteiger partial charge in [-0.05, 0) is 31.4 Å². The van der Waals surface area contributed by atoms with Crippen LogP contribution in [0.4, 0.5) is 0 Å². The summed E-state index contributed by atoms with van der Waals surface area (Å²) in [6.07, 6.45) is 3.98. The maximum atomic E-state index is 12.0. The molecule has 1 aliphatic rings. The Morgan fingerprint density at radius 3 is 2.75 bits per heavy atom. The summed E-state index contributed by atoms with van der Waals surface area (Å²) in [7, 11) is 0. The molecule has 0 saturated heterocycles. The molecule has 112 valence electrons. The van der Waals surface area contributed by atoms with Crippen LogP contribution in [0.25, 0.3) is 0 Å². The third-order valence-electron chi connectivity index (χ3n) is 3.50. The first-order chi connectivity index (χ1) is 9.25. The minimum Gasteiger partial charge on any atom is -0.355 e. The molecule has 5 heteroatoms. The standard InChI is InChI=1S/C15H22N2OS.ClH/c16-13-6-4-5-12(11-13)15(18)17-9-10-19-14-7-2-1-3-8-14;/h1-3,7-8,12-13H,4-6,9-11,16H2,(H,17,18);1H. The van der Waals surface area contributed by atoms with Crippen molar-refractivity contribution in [2.75, 3.05) is 12.3 Å². The summed E-state index contributed by atoms with van der Waals surface area (Å²) in [6.45, 7) is 0.726. The van der Waals surface area contributed by atoms with Crippen molar-refractivity contribution in [1.29, 1.82) is 0 Å². The number of benzene rings is 1. The second-order valence-electron chi connectivity index (χ2n) is 5.08. The molecule has 1 amide bonds. The zero-order valence-corrected chi connectivity index (χ0v) is 13.2. The highest BCUT2D eigenvalue weighted by molar-refractivity contribution is 7.99. The Morgan fingerprint density at radius 1 is 1.30 bits per heavy atom. The Kier molecular flexibility index (Phi) is 8.04. The van der Waals surface area contributed by atoms with E-state index in [2.05, 4.69) is 17.4 Å². The van der Waals surface area contributed by atoms with Crippen molar-refractivity contribution >= 4 is 30.1 Å². The van der Waals surface area contributed by atoms with E-state index in [0.29, 0.717) is 0 Å². The highest BCUT2D eigenvalue weighted by Crippen LogP contribution is 2.23. The SMILES string of the molecule is Cl.NC1CCCC(C(=O)NCCSc2ccccc2)C1. The summed E-state index contributed by atoms with van der Waals surface area (Å²) in [5, 5.41) is 3.03. The van der Waals surface area contributed by atoms with Crippen LogP contribution in [0, 0.1) is 5.92 Å². The maximum absolute atomic E-state index is 12.0. The first-order valence-corrected chi connectivity index (χ1v) is 7.95. The number of hydrogen-bond acceptors (Lipinski definition) is 3. The molecule has 3 N–H and O–H groups in total. The summed E-state index contributed by atoms with van der Waals surface area (Å²) in [5.74, 6) is 1.23. The first-order valence-electron chi connectivity index (χ1n) is 6.97. The van der Waals surface area contributed by atoms with Gasteiger partial charge < -0.3 is 11.1 Å². The van der Waals surface area contributed by atoms with Crippen LogP contribution in [0.2, 0.25) is 0 Å². The van der Waals surface area contributed by atoms with Crippen LogP contribution in [-0.2, 0) is 4.79 Å². The Labute approximate surface area is 131 Å². The van der Waals surface area contributed by atoms with Crippen molar-refractivity contribution in [3.8, 4) is 0 Å². The van der Waals surface area contributed by atoms with Crippen molar-refractivity contribution in [3.63, 3.8) is 0 Å². The van der Waals surface area contributed by atoms with Gasteiger partial charge in [0.15, 0.2) is 0 Å². The highest BCUT2D eigenvalue weighted by Gasteiger charge is 2.24. The Balaban J connectivity index is 0.00000200. The predicted octanol–water partition coefficient (Wildman–Crippen LogP) is 2.83. The van der Waals surface area contributed by atoms with Gasteiger partial charge in [0.05, 0.1) is 0 Å². The summed E-state index contributed by atoms with van der Waals surface area (Å²) in [5.41, 5.74) is 5.91. The van der Waals surface area contributed by atoms with E-state index in [1.54, 1.807) is 11.8 Å². The van der Waals surface area contributed by atoms with Crippen molar-refractivity contribution in [2.24, 2.45) is 11.7 Å². The van der Waals surface area contributed by atoms with Gasteiger partial charge in [0, 0.05) is 29.2 Å². The Morgan fingerprint density at radius 2 is 2.05 bits per heavy atom. The lowest BCUT2D eigenvalue weighted by atomic mass is 9.85. The normalized spacial score (nSPS) is 21.9. The van der Waals surface area contributed by atoms with Crippen LogP contribution in [0.5, 0.6) is 0 Å². The van der Waals surface area contributed by atoms with E-state index in [9.17, 15) is 4.79 Å². The molecule has 20 heavy (non-hydrogen) atoms. The lowest BCUT2D eigenvalue weighted by Gasteiger charge is -2.25. The quantitative estimate of drug-likeness (QED) is 0.649. The van der Waals surface area contributed by atoms with E-state index in [0.717, 1.165) is 38.0 Å². The molecule has 1 aliphatic carbocycles. The molecule has 0 radical (unpaired) electrons. The molecular weight excluding hydrogens is 292 g/mol. The zero-order chi connectivity index (χ0) is 13.5. The molecule has 2 rings (SSSR count). The van der Waals surface area contributed by atoms with Crippen molar-refractivity contribution < 1.29 is 4.79 Å². The van der Waals surface area contributed by atoms with Gasteiger partial charge in [0.2, 0.25) is 5.91 Å². The van der Waals surface area contributed by atoms with E-state index >= 15 is 0 Å². The van der Waals surface area contributed by atoms with Crippen LogP contribution < -0.4 is 11.1 Å². The molecule has 0 spiro atoms. The highest BCUT2D eigenvalue weighted by atomic mass is 35.5. The fourth-order valence-corrected chi connectivity index (χ4v) is 3.26. The lowest BCUT2D eigenvalue weighted by molar-refractivity contribution is -0.125. The number of hydrogen-bond donors (Lipinski definition) is 2. The molecule has 2 atom stereocenters. The molecule has 0 bridgehead atoms. The summed E-state index contributed by atoms with van der Waals surface area (Å²) in [6, 6.07) is 10.5. The third-order valence-corrected chi connectivity index (χ3v) is 4.51. The van der Waals surface area contributed by atoms with Crippen LogP contribution in [0.3, 0.4) is 0 Å². The van der Waals surface area contributed by atoms with E-state index in [4.69, 9.17) is 5.73 Å². The molecule has 1 aromatic carbocycles. The average molecular weight is 315 g/mol. The minimum absolute atomic E-state index is 0. The molecular formula is C15H23ClN2OS. The number of carbonyl (C=O) groups is 1. The zero-order valence-electron chi connectivity index (χ0n) is 11.6. The van der Waals surface area contributed by atoms with Crippen molar-refractivity contribution in [2.45, 2.75) is 36.6 Å². The van der Waals surface area contributed by atoms with Gasteiger partial charge in [-0.2, -0.15) is 0 Å². The first kappa shape index (κ1) is 17.3. The fraction of sp³-hybridized carbons (Fsp3) is 0.533. The van der Waals surface area contributed by atoms with Gasteiger partial charge in [-0.1, -0.05) is 24.6 Å². The van der Waals surface area contributed by atoms with Crippen LogP contribution in [0.15, 0.2) is 35.2 Å². The second kappa shape index (κ2) is 9.27. The van der Waals surface area contributed by atoms with Gasteiger partial charge >= 0.3 is 0 Å². The number of thioether (sulfide) groups is 1. The molecule has 1 fully saturated rings. The van der Waals surface area contributed by atoms with Gasteiger partial charge in [-0.25, -0.2) is 0 Å². The molecule has 0 aromatic heterocycles. The number of nitrogens with one attached hydrogen (secondary N) is 1. The number of nitrogens with two attached hydrogens (primary N) is 1. The number of amides is 1. The monoisotopic (exact) mass is 314 g/mol. The van der Waals surface area contributed by atoms with Gasteiger partial charge in [0.25, 0.3) is 0 Å². The average Bonchev–Trinajstić information content (AvgIpc) is 2.44. The second-order valence-corrected chi connectivity index (χ2v) is 6.24. The molecule has 1 saturated carbocycles. The summed E-state index contributed by atoms with van der Waals surface area (Å²) < 4.78 is 0. The topological polar surface area (TPSA) is 55.1 Å². The van der Waals surface area contributed by atoms with Gasteiger partial charge in [-0.3, -0.25) is 4.79 Å². The summed E-state index contributed by atoms with van der Waals surface area (Å²) >= 11 is 1.77. The van der Waals surface area contributed by atoms with Gasteiger partial charge in [-0.15, -0.1) is 24.2 Å². The largest absolute Gasteiger partial charge is 0.355 e. The lowest BCUT2D eigenvalue weighted by Crippen LogP contribution is -2.38. The van der Waals surface area contributed by atoms with Gasteiger partial charge in [0.1, 0.15) is 0 Å². The van der Waals surface area contributed by atoms with E-state index in [1.807, 2.05) is 18.2 Å². The van der Waals surface area contributed by atoms with Crippen LogP contribution >= 0.6 is 24.2 Å². The van der Waals surface area contributed by atoms with E-state index in [1.165, 1.54) is 4.90 Å². The summed E-state index contributed by atoms with van der Waals surface area (Å²) in [4.78, 5) is 13.2. The molecule has 0 heterocycles. The maximum Gasteiger partial charge on any atom is 0.223 e. The smallest absolute Gasteiger partial charge is 0.223 e. The fourth-order valence-electron chi connectivity index (χ4n) is 2.47. The molecule has 2 unspecified atom stereocenters. The molecule has 3 nitrogen and oxygen atoms in total. The number of rotatable bonds is 5. The number of carbonyl (C=O) groups excluding carboxylic acids is 1. The third kappa shape index (κ3) is 5.73. The molecule has 1 aromatic rings. The van der Waals surface area contributed by atoms with Crippen molar-refractivity contribution in [3.05, 3.63) is 30.3 Å². The van der Waals surface area contributed by atoms with Crippen LogP contribution in [0.1, 0.15) is 25.7 Å². The Hall–Kier alpha value is -0.710. The number of halogens is 1. The van der Waals surface area contributed by atoms with Crippen molar-refractivity contribution in [1.82, 2.24) is 5.32 Å². The Bertz CT molecular complexity index is 402. The van der Waals surface area contributed by atoms with E-state index in [-0.39, 0.29) is 30.3 Å². The van der Waals surface area contributed by atoms with E-state index < -0.39 is 0 Å².